The molecule has 0 saturated carbocycles. The summed E-state index contributed by atoms with van der Waals surface area (Å²) in [7, 11) is 1.33. The van der Waals surface area contributed by atoms with Crippen molar-refractivity contribution in [2.24, 2.45) is 18.7 Å². The maximum absolute atomic E-state index is 13.3. The third kappa shape index (κ3) is 3.00. The fourth-order valence-corrected chi connectivity index (χ4v) is 3.57. The molecule has 1 aliphatic rings. The van der Waals surface area contributed by atoms with Crippen LogP contribution >= 0.6 is 0 Å². The molecular weight excluding hydrogens is 319 g/mol. The van der Waals surface area contributed by atoms with Gasteiger partial charge in [-0.3, -0.25) is 4.79 Å². The van der Waals surface area contributed by atoms with E-state index in [1.807, 2.05) is 0 Å². The summed E-state index contributed by atoms with van der Waals surface area (Å²) in [5, 5.41) is 3.75. The fraction of sp³-hybridized carbons (Fsp3) is 0.471. The molecule has 7 heteroatoms. The molecule has 0 radical (unpaired) electrons. The molecule has 1 fully saturated rings. The molecule has 0 spiro atoms. The molecule has 2 aromatic rings. The Bertz CT molecular complexity index is 773. The van der Waals surface area contributed by atoms with E-state index in [9.17, 15) is 18.0 Å². The molecule has 0 aliphatic carbocycles. The summed E-state index contributed by atoms with van der Waals surface area (Å²) in [5.41, 5.74) is 5.82. The van der Waals surface area contributed by atoms with Crippen molar-refractivity contribution in [2.45, 2.75) is 25.4 Å². The summed E-state index contributed by atoms with van der Waals surface area (Å²) >= 11 is 0. The minimum atomic E-state index is -4.48. The molecule has 1 aromatic carbocycles. The van der Waals surface area contributed by atoms with E-state index in [1.165, 1.54) is 7.05 Å². The molecule has 3 N–H and O–H groups in total. The molecule has 1 saturated heterocycles. The third-order valence-corrected chi connectivity index (χ3v) is 4.81. The highest BCUT2D eigenvalue weighted by Gasteiger charge is 2.35. The SMILES string of the molecule is Cn1c(C(F)(F)F)cc2c(CC3CCNCC3)ccc(C(N)=O)c21. The predicted octanol–water partition coefficient (Wildman–Crippen LogP) is 2.84. The van der Waals surface area contributed by atoms with Crippen molar-refractivity contribution < 1.29 is 18.0 Å². The van der Waals surface area contributed by atoms with Crippen LogP contribution in [0.25, 0.3) is 10.9 Å². The molecule has 2 heterocycles. The van der Waals surface area contributed by atoms with E-state index < -0.39 is 17.8 Å². The minimum absolute atomic E-state index is 0.122. The summed E-state index contributed by atoms with van der Waals surface area (Å²) in [6, 6.07) is 4.42. The van der Waals surface area contributed by atoms with Crippen LogP contribution in [0.5, 0.6) is 0 Å². The number of rotatable bonds is 3. The van der Waals surface area contributed by atoms with Gasteiger partial charge < -0.3 is 15.6 Å². The average Bonchev–Trinajstić information content (AvgIpc) is 2.87. The average molecular weight is 339 g/mol. The van der Waals surface area contributed by atoms with Gasteiger partial charge in [0.05, 0.1) is 11.1 Å². The van der Waals surface area contributed by atoms with Crippen LogP contribution in [0.15, 0.2) is 18.2 Å². The zero-order valence-electron chi connectivity index (χ0n) is 13.4. The van der Waals surface area contributed by atoms with Gasteiger partial charge >= 0.3 is 6.18 Å². The number of carbonyl (C=O) groups is 1. The summed E-state index contributed by atoms with van der Waals surface area (Å²) in [6.45, 7) is 1.85. The summed E-state index contributed by atoms with van der Waals surface area (Å²) < 4.78 is 40.8. The maximum Gasteiger partial charge on any atom is 0.431 e. The summed E-state index contributed by atoms with van der Waals surface area (Å²) in [6.07, 6.45) is -1.77. The Balaban J connectivity index is 2.13. The van der Waals surface area contributed by atoms with Crippen LogP contribution in [0.4, 0.5) is 13.2 Å². The Labute approximate surface area is 137 Å². The molecule has 1 amide bonds. The Kier molecular flexibility index (Phi) is 4.29. The molecule has 0 atom stereocenters. The van der Waals surface area contributed by atoms with Gasteiger partial charge in [-0.25, -0.2) is 0 Å². The lowest BCUT2D eigenvalue weighted by atomic mass is 9.89. The van der Waals surface area contributed by atoms with Crippen LogP contribution < -0.4 is 11.1 Å². The van der Waals surface area contributed by atoms with Crippen molar-refractivity contribution in [3.8, 4) is 0 Å². The van der Waals surface area contributed by atoms with Crippen LogP contribution in [0.1, 0.15) is 34.5 Å². The molecule has 4 nitrogen and oxygen atoms in total. The second kappa shape index (κ2) is 6.12. The second-order valence-corrected chi connectivity index (χ2v) is 6.38. The number of nitrogens with zero attached hydrogens (tertiary/aromatic N) is 1. The molecule has 0 unspecified atom stereocenters. The number of benzene rings is 1. The van der Waals surface area contributed by atoms with Crippen molar-refractivity contribution in [3.63, 3.8) is 0 Å². The Morgan fingerprint density at radius 2 is 2.00 bits per heavy atom. The van der Waals surface area contributed by atoms with Gasteiger partial charge in [-0.05, 0) is 56.0 Å². The van der Waals surface area contributed by atoms with Crippen LogP contribution in [0.2, 0.25) is 0 Å². The molecule has 24 heavy (non-hydrogen) atoms. The quantitative estimate of drug-likeness (QED) is 0.903. The van der Waals surface area contributed by atoms with Crippen LogP contribution in [-0.2, 0) is 19.6 Å². The second-order valence-electron chi connectivity index (χ2n) is 6.38. The number of nitrogens with one attached hydrogen (secondary N) is 1. The molecule has 0 bridgehead atoms. The molecule has 3 rings (SSSR count). The van der Waals surface area contributed by atoms with Crippen molar-refractivity contribution >= 4 is 16.8 Å². The topological polar surface area (TPSA) is 60.1 Å². The number of hydrogen-bond donors (Lipinski definition) is 2. The molecular formula is C17H20F3N3O. The first-order valence-corrected chi connectivity index (χ1v) is 7.98. The lowest BCUT2D eigenvalue weighted by molar-refractivity contribution is -0.142. The van der Waals surface area contributed by atoms with E-state index in [2.05, 4.69) is 5.32 Å². The largest absolute Gasteiger partial charge is 0.431 e. The predicted molar refractivity (Wildman–Crippen MR) is 85.7 cm³/mol. The number of nitrogens with two attached hydrogens (primary N) is 1. The van der Waals surface area contributed by atoms with E-state index in [-0.39, 0.29) is 11.1 Å². The van der Waals surface area contributed by atoms with E-state index in [1.54, 1.807) is 12.1 Å². The van der Waals surface area contributed by atoms with Gasteiger partial charge in [-0.15, -0.1) is 0 Å². The van der Waals surface area contributed by atoms with Crippen molar-refractivity contribution in [1.29, 1.82) is 0 Å². The number of primary amides is 1. The number of hydrogen-bond acceptors (Lipinski definition) is 2. The summed E-state index contributed by atoms with van der Waals surface area (Å²) in [4.78, 5) is 11.6. The maximum atomic E-state index is 13.3. The zero-order valence-corrected chi connectivity index (χ0v) is 13.4. The van der Waals surface area contributed by atoms with Gasteiger partial charge in [0.1, 0.15) is 5.69 Å². The van der Waals surface area contributed by atoms with E-state index in [0.29, 0.717) is 17.7 Å². The number of aryl methyl sites for hydroxylation is 1. The first-order valence-electron chi connectivity index (χ1n) is 7.98. The van der Waals surface area contributed by atoms with Gasteiger partial charge in [0.25, 0.3) is 5.91 Å². The van der Waals surface area contributed by atoms with Crippen molar-refractivity contribution in [2.75, 3.05) is 13.1 Å². The number of aromatic nitrogens is 1. The van der Waals surface area contributed by atoms with Crippen molar-refractivity contribution in [3.05, 3.63) is 35.0 Å². The van der Waals surface area contributed by atoms with E-state index in [4.69, 9.17) is 5.73 Å². The molecule has 1 aliphatic heterocycles. The number of carbonyl (C=O) groups excluding carboxylic acids is 1. The highest BCUT2D eigenvalue weighted by Crippen LogP contribution is 2.36. The number of alkyl halides is 3. The highest BCUT2D eigenvalue weighted by atomic mass is 19.4. The van der Waals surface area contributed by atoms with Gasteiger partial charge in [-0.2, -0.15) is 13.2 Å². The van der Waals surface area contributed by atoms with E-state index in [0.717, 1.165) is 42.1 Å². The third-order valence-electron chi connectivity index (χ3n) is 4.81. The van der Waals surface area contributed by atoms with Gasteiger partial charge in [-0.1, -0.05) is 6.07 Å². The smallest absolute Gasteiger partial charge is 0.366 e. The Morgan fingerprint density at radius 1 is 1.33 bits per heavy atom. The van der Waals surface area contributed by atoms with Crippen LogP contribution in [0, 0.1) is 5.92 Å². The van der Waals surface area contributed by atoms with E-state index >= 15 is 0 Å². The first-order chi connectivity index (χ1) is 11.3. The monoisotopic (exact) mass is 339 g/mol. The fourth-order valence-electron chi connectivity index (χ4n) is 3.57. The highest BCUT2D eigenvalue weighted by molar-refractivity contribution is 6.06. The number of fused-ring (bicyclic) bond motifs is 1. The number of halogens is 3. The van der Waals surface area contributed by atoms with Gasteiger partial charge in [0, 0.05) is 12.4 Å². The lowest BCUT2D eigenvalue weighted by Gasteiger charge is -2.23. The lowest BCUT2D eigenvalue weighted by Crippen LogP contribution is -2.28. The van der Waals surface area contributed by atoms with Crippen LogP contribution in [0.3, 0.4) is 0 Å². The number of amides is 1. The Morgan fingerprint density at radius 3 is 2.58 bits per heavy atom. The van der Waals surface area contributed by atoms with Gasteiger partial charge in [0.2, 0.25) is 0 Å². The first kappa shape index (κ1) is 16.8. The normalized spacial score (nSPS) is 16.7. The minimum Gasteiger partial charge on any atom is -0.366 e. The summed E-state index contributed by atoms with van der Waals surface area (Å²) in [5.74, 6) is -0.285. The zero-order chi connectivity index (χ0) is 17.5. The molecule has 130 valence electrons. The number of piperidine rings is 1. The van der Waals surface area contributed by atoms with Crippen LogP contribution in [-0.4, -0.2) is 23.6 Å². The Hall–Kier alpha value is -2.02. The van der Waals surface area contributed by atoms with Gasteiger partial charge in [0.15, 0.2) is 0 Å². The van der Waals surface area contributed by atoms with Crippen molar-refractivity contribution in [1.82, 2.24) is 9.88 Å². The standard InChI is InChI=1S/C17H20F3N3O/c1-23-14(17(18,19)20)9-13-11(8-10-4-6-22-7-5-10)2-3-12(15(13)23)16(21)24/h2-3,9-10,22H,4-8H2,1H3,(H2,21,24). The molecule has 1 aromatic heterocycles.